The van der Waals surface area contributed by atoms with Crippen LogP contribution in [0.1, 0.15) is 53.2 Å². The number of pyridine rings is 1. The van der Waals surface area contributed by atoms with E-state index in [1.165, 1.54) is 0 Å². The predicted octanol–water partition coefficient (Wildman–Crippen LogP) is 2.83. The van der Waals surface area contributed by atoms with E-state index in [1.54, 1.807) is 13.2 Å². The topological polar surface area (TPSA) is 87.6 Å². The molecule has 0 aliphatic carbocycles. The Morgan fingerprint density at radius 2 is 1.88 bits per heavy atom. The van der Waals surface area contributed by atoms with Crippen LogP contribution in [0.15, 0.2) is 29.4 Å². The lowest BCUT2D eigenvalue weighted by atomic mass is 9.93. The lowest BCUT2D eigenvalue weighted by molar-refractivity contribution is 0.0448. The quantitative estimate of drug-likeness (QED) is 0.512. The summed E-state index contributed by atoms with van der Waals surface area (Å²) in [6, 6.07) is 5.78. The number of nitrogens with zero attached hydrogens (tertiary/aromatic N) is 2. The summed E-state index contributed by atoms with van der Waals surface area (Å²) in [7, 11) is 1.72. The molecule has 26 heavy (non-hydrogen) atoms. The summed E-state index contributed by atoms with van der Waals surface area (Å²) in [5.74, 6) is 0.660. The Morgan fingerprint density at radius 1 is 1.19 bits per heavy atom. The Labute approximate surface area is 157 Å². The Bertz CT molecular complexity index is 577. The number of ether oxygens (including phenoxy) is 1. The Kier molecular flexibility index (Phi) is 8.35. The molecule has 0 fully saturated rings. The summed E-state index contributed by atoms with van der Waals surface area (Å²) in [4.78, 5) is 20.7. The van der Waals surface area contributed by atoms with Crippen molar-refractivity contribution in [2.75, 3.05) is 13.6 Å². The first kappa shape index (κ1) is 21.7. The van der Waals surface area contributed by atoms with E-state index in [4.69, 9.17) is 4.74 Å². The SMILES string of the molecule is CCC(CC)(CNC(=NC)NCc1ccccn1)NC(=O)OC(C)(C)C. The molecule has 146 valence electrons. The lowest BCUT2D eigenvalue weighted by Crippen LogP contribution is -2.57. The lowest BCUT2D eigenvalue weighted by Gasteiger charge is -2.34. The molecule has 1 aromatic rings. The molecule has 0 spiro atoms. The zero-order valence-electron chi connectivity index (χ0n) is 16.8. The minimum atomic E-state index is -0.523. The number of hydrogen-bond acceptors (Lipinski definition) is 4. The molecule has 0 saturated carbocycles. The van der Waals surface area contributed by atoms with Gasteiger partial charge in [0.1, 0.15) is 5.60 Å². The molecule has 0 aromatic carbocycles. The number of carbonyl (C=O) groups is 1. The Balaban J connectivity index is 2.63. The van der Waals surface area contributed by atoms with Gasteiger partial charge in [-0.2, -0.15) is 0 Å². The van der Waals surface area contributed by atoms with Crippen molar-refractivity contribution >= 4 is 12.1 Å². The third-order valence-corrected chi connectivity index (χ3v) is 4.10. The first-order valence-electron chi connectivity index (χ1n) is 9.09. The second-order valence-corrected chi connectivity index (χ2v) is 7.21. The molecule has 0 unspecified atom stereocenters. The molecule has 0 atom stereocenters. The molecule has 1 rings (SSSR count). The van der Waals surface area contributed by atoms with Crippen LogP contribution in [-0.2, 0) is 11.3 Å². The summed E-state index contributed by atoms with van der Waals surface area (Å²) in [6.07, 6.45) is 2.90. The van der Waals surface area contributed by atoms with Gasteiger partial charge in [0, 0.05) is 19.8 Å². The van der Waals surface area contributed by atoms with Crippen LogP contribution in [0.3, 0.4) is 0 Å². The highest BCUT2D eigenvalue weighted by Crippen LogP contribution is 2.16. The number of guanidine groups is 1. The zero-order chi connectivity index (χ0) is 19.6. The van der Waals surface area contributed by atoms with E-state index in [-0.39, 0.29) is 0 Å². The van der Waals surface area contributed by atoms with E-state index in [0.717, 1.165) is 18.5 Å². The second-order valence-electron chi connectivity index (χ2n) is 7.21. The zero-order valence-corrected chi connectivity index (χ0v) is 16.8. The van der Waals surface area contributed by atoms with E-state index >= 15 is 0 Å². The normalized spacial score (nSPS) is 12.5. The number of amides is 1. The Morgan fingerprint density at radius 3 is 2.38 bits per heavy atom. The number of alkyl carbamates (subject to hydrolysis) is 1. The van der Waals surface area contributed by atoms with Gasteiger partial charge in [0.2, 0.25) is 0 Å². The van der Waals surface area contributed by atoms with Gasteiger partial charge in [-0.25, -0.2) is 4.79 Å². The molecular weight excluding hydrogens is 330 g/mol. The van der Waals surface area contributed by atoms with Crippen molar-refractivity contribution in [1.29, 1.82) is 0 Å². The molecule has 0 bridgehead atoms. The van der Waals surface area contributed by atoms with Crippen LogP contribution in [0, 0.1) is 0 Å². The molecule has 0 saturated heterocycles. The summed E-state index contributed by atoms with van der Waals surface area (Å²) in [6.45, 7) is 10.8. The molecule has 1 heterocycles. The third kappa shape index (κ3) is 7.72. The first-order valence-corrected chi connectivity index (χ1v) is 9.09. The van der Waals surface area contributed by atoms with Crippen LogP contribution in [0.4, 0.5) is 4.79 Å². The average molecular weight is 364 g/mol. The molecule has 3 N–H and O–H groups in total. The summed E-state index contributed by atoms with van der Waals surface area (Å²) in [5, 5.41) is 9.54. The van der Waals surface area contributed by atoms with Crippen LogP contribution in [0.25, 0.3) is 0 Å². The number of aliphatic imine (C=N–C) groups is 1. The van der Waals surface area contributed by atoms with Crippen LogP contribution < -0.4 is 16.0 Å². The molecule has 0 aliphatic heterocycles. The monoisotopic (exact) mass is 363 g/mol. The number of nitrogens with one attached hydrogen (secondary N) is 3. The largest absolute Gasteiger partial charge is 0.444 e. The van der Waals surface area contributed by atoms with Gasteiger partial charge < -0.3 is 20.7 Å². The van der Waals surface area contributed by atoms with E-state index in [1.807, 2.05) is 52.8 Å². The first-order chi connectivity index (χ1) is 12.2. The van der Waals surface area contributed by atoms with Crippen LogP contribution >= 0.6 is 0 Å². The minimum absolute atomic E-state index is 0.403. The van der Waals surface area contributed by atoms with Gasteiger partial charge in [-0.15, -0.1) is 0 Å². The highest BCUT2D eigenvalue weighted by molar-refractivity contribution is 5.79. The van der Waals surface area contributed by atoms with E-state index in [9.17, 15) is 4.79 Å². The summed E-state index contributed by atoms with van der Waals surface area (Å²) < 4.78 is 5.40. The fourth-order valence-electron chi connectivity index (χ4n) is 2.39. The summed E-state index contributed by atoms with van der Waals surface area (Å²) >= 11 is 0. The fraction of sp³-hybridized carbons (Fsp3) is 0.632. The number of hydrogen-bond donors (Lipinski definition) is 3. The van der Waals surface area contributed by atoms with Crippen molar-refractivity contribution < 1.29 is 9.53 Å². The maximum atomic E-state index is 12.2. The average Bonchev–Trinajstić information content (AvgIpc) is 2.60. The predicted molar refractivity (Wildman–Crippen MR) is 105 cm³/mol. The van der Waals surface area contributed by atoms with Gasteiger partial charge in [-0.3, -0.25) is 9.98 Å². The van der Waals surface area contributed by atoms with Crippen LogP contribution in [0.2, 0.25) is 0 Å². The van der Waals surface area contributed by atoms with Gasteiger partial charge in [0.15, 0.2) is 5.96 Å². The number of carbonyl (C=O) groups excluding carboxylic acids is 1. The van der Waals surface area contributed by atoms with Crippen molar-refractivity contribution in [3.05, 3.63) is 30.1 Å². The smallest absolute Gasteiger partial charge is 0.408 e. The Hall–Kier alpha value is -2.31. The van der Waals surface area contributed by atoms with Gasteiger partial charge in [-0.05, 0) is 45.7 Å². The van der Waals surface area contributed by atoms with Crippen LogP contribution in [0.5, 0.6) is 0 Å². The molecule has 0 radical (unpaired) electrons. The number of rotatable bonds is 7. The van der Waals surface area contributed by atoms with Crippen molar-refractivity contribution in [3.63, 3.8) is 0 Å². The maximum absolute atomic E-state index is 12.2. The molecule has 1 amide bonds. The fourth-order valence-corrected chi connectivity index (χ4v) is 2.39. The van der Waals surface area contributed by atoms with E-state index in [2.05, 4.69) is 25.9 Å². The number of aromatic nitrogens is 1. The van der Waals surface area contributed by atoms with Crippen molar-refractivity contribution in [2.45, 2.75) is 65.1 Å². The molecule has 7 heteroatoms. The van der Waals surface area contributed by atoms with Gasteiger partial charge in [-0.1, -0.05) is 19.9 Å². The van der Waals surface area contributed by atoms with E-state index in [0.29, 0.717) is 19.0 Å². The highest BCUT2D eigenvalue weighted by Gasteiger charge is 2.30. The van der Waals surface area contributed by atoms with Crippen LogP contribution in [-0.4, -0.2) is 41.8 Å². The molecular formula is C19H33N5O2. The summed E-state index contributed by atoms with van der Waals surface area (Å²) in [5.41, 5.74) is -0.00440. The highest BCUT2D eigenvalue weighted by atomic mass is 16.6. The standard InChI is InChI=1S/C19H33N5O2/c1-7-19(8-2,24-17(25)26-18(3,4)5)14-23-16(20-6)22-13-15-11-9-10-12-21-15/h9-12H,7-8,13-14H2,1-6H3,(H,24,25)(H2,20,22,23). The molecule has 7 nitrogen and oxygen atoms in total. The van der Waals surface area contributed by atoms with E-state index < -0.39 is 17.2 Å². The maximum Gasteiger partial charge on any atom is 0.408 e. The second kappa shape index (κ2) is 9.99. The van der Waals surface area contributed by atoms with Gasteiger partial charge >= 0.3 is 6.09 Å². The molecule has 0 aliphatic rings. The third-order valence-electron chi connectivity index (χ3n) is 4.10. The van der Waals surface area contributed by atoms with Gasteiger partial charge in [0.25, 0.3) is 0 Å². The molecule has 1 aromatic heterocycles. The van der Waals surface area contributed by atoms with Crippen molar-refractivity contribution in [1.82, 2.24) is 20.9 Å². The van der Waals surface area contributed by atoms with Gasteiger partial charge in [0.05, 0.1) is 17.8 Å². The minimum Gasteiger partial charge on any atom is -0.444 e. The van der Waals surface area contributed by atoms with Crippen molar-refractivity contribution in [2.24, 2.45) is 4.99 Å². The van der Waals surface area contributed by atoms with Crippen molar-refractivity contribution in [3.8, 4) is 0 Å².